The summed E-state index contributed by atoms with van der Waals surface area (Å²) in [6.45, 7) is 1.34. The predicted octanol–water partition coefficient (Wildman–Crippen LogP) is 2.09. The number of ether oxygens (including phenoxy) is 2. The molecule has 0 saturated carbocycles. The molecule has 0 fully saturated rings. The van der Waals surface area contributed by atoms with Gasteiger partial charge in [0.2, 0.25) is 5.91 Å². The van der Waals surface area contributed by atoms with E-state index in [1.807, 2.05) is 0 Å². The maximum absolute atomic E-state index is 11.5. The summed E-state index contributed by atoms with van der Waals surface area (Å²) >= 11 is 5.89. The summed E-state index contributed by atoms with van der Waals surface area (Å²) in [6.07, 6.45) is 0. The molecule has 0 radical (unpaired) electrons. The van der Waals surface area contributed by atoms with Gasteiger partial charge in [-0.15, -0.1) is 0 Å². The fourth-order valence-corrected chi connectivity index (χ4v) is 1.52. The topological polar surface area (TPSA) is 64.6 Å². The van der Waals surface area contributed by atoms with Crippen LogP contribution in [0.15, 0.2) is 12.1 Å². The standard InChI is InChI=1S/C11H12ClNO4/c1-6(14)13-9-5-10(16-2)8(12)4-7(9)11(15)17-3/h4-5H,1-3H3,(H,13,14). The zero-order valence-electron chi connectivity index (χ0n) is 9.67. The van der Waals surface area contributed by atoms with Crippen molar-refractivity contribution in [1.29, 1.82) is 0 Å². The summed E-state index contributed by atoms with van der Waals surface area (Å²) < 4.78 is 9.60. The molecule has 0 bridgehead atoms. The molecule has 1 rings (SSSR count). The molecule has 0 aromatic heterocycles. The second kappa shape index (κ2) is 5.54. The third-order valence-corrected chi connectivity index (χ3v) is 2.30. The van der Waals surface area contributed by atoms with Crippen LogP contribution >= 0.6 is 11.6 Å². The van der Waals surface area contributed by atoms with E-state index in [9.17, 15) is 9.59 Å². The summed E-state index contributed by atoms with van der Waals surface area (Å²) in [5, 5.41) is 2.78. The Morgan fingerprint density at radius 2 is 1.94 bits per heavy atom. The molecule has 1 aromatic carbocycles. The highest BCUT2D eigenvalue weighted by molar-refractivity contribution is 6.32. The maximum Gasteiger partial charge on any atom is 0.340 e. The average Bonchev–Trinajstić information content (AvgIpc) is 2.29. The van der Waals surface area contributed by atoms with Crippen LogP contribution in [0.3, 0.4) is 0 Å². The Morgan fingerprint density at radius 3 is 2.41 bits per heavy atom. The van der Waals surface area contributed by atoms with Crippen LogP contribution in [0.4, 0.5) is 5.69 Å². The summed E-state index contributed by atoms with van der Waals surface area (Å²) in [7, 11) is 2.69. The Balaban J connectivity index is 3.30. The van der Waals surface area contributed by atoms with Gasteiger partial charge < -0.3 is 14.8 Å². The van der Waals surface area contributed by atoms with E-state index in [0.29, 0.717) is 11.4 Å². The third kappa shape index (κ3) is 3.10. The van der Waals surface area contributed by atoms with Crippen molar-refractivity contribution in [3.05, 3.63) is 22.7 Å². The van der Waals surface area contributed by atoms with Crippen molar-refractivity contribution in [2.45, 2.75) is 6.92 Å². The maximum atomic E-state index is 11.5. The van der Waals surface area contributed by atoms with Crippen LogP contribution in [0.25, 0.3) is 0 Å². The lowest BCUT2D eigenvalue weighted by molar-refractivity contribution is -0.114. The van der Waals surface area contributed by atoms with E-state index in [1.165, 1.54) is 33.3 Å². The average molecular weight is 258 g/mol. The molecule has 0 heterocycles. The molecule has 0 spiro atoms. The summed E-state index contributed by atoms with van der Waals surface area (Å²) in [5.74, 6) is -0.527. The fraction of sp³-hybridized carbons (Fsp3) is 0.273. The highest BCUT2D eigenvalue weighted by Gasteiger charge is 2.16. The van der Waals surface area contributed by atoms with Crippen LogP contribution in [-0.4, -0.2) is 26.1 Å². The van der Waals surface area contributed by atoms with Crippen LogP contribution in [0.5, 0.6) is 5.75 Å². The molecule has 0 aliphatic rings. The molecule has 1 aromatic rings. The van der Waals surface area contributed by atoms with Crippen molar-refractivity contribution in [2.75, 3.05) is 19.5 Å². The number of methoxy groups -OCH3 is 2. The fourth-order valence-electron chi connectivity index (χ4n) is 1.28. The van der Waals surface area contributed by atoms with Crippen LogP contribution < -0.4 is 10.1 Å². The molecule has 0 aliphatic heterocycles. The highest BCUT2D eigenvalue weighted by Crippen LogP contribution is 2.31. The number of carbonyl (C=O) groups is 2. The number of rotatable bonds is 3. The zero-order valence-corrected chi connectivity index (χ0v) is 10.4. The van der Waals surface area contributed by atoms with E-state index < -0.39 is 5.97 Å². The van der Waals surface area contributed by atoms with Gasteiger partial charge in [0.25, 0.3) is 0 Å². The summed E-state index contributed by atoms with van der Waals surface area (Å²) in [5.41, 5.74) is 0.471. The van der Waals surface area contributed by atoms with Crippen LogP contribution in [0, 0.1) is 0 Å². The van der Waals surface area contributed by atoms with Crippen molar-refractivity contribution in [2.24, 2.45) is 0 Å². The summed E-state index contributed by atoms with van der Waals surface area (Å²) in [4.78, 5) is 22.5. The number of benzene rings is 1. The van der Waals surface area contributed by atoms with E-state index in [-0.39, 0.29) is 16.5 Å². The Labute approximate surface area is 104 Å². The van der Waals surface area contributed by atoms with E-state index >= 15 is 0 Å². The first kappa shape index (κ1) is 13.3. The van der Waals surface area contributed by atoms with E-state index in [2.05, 4.69) is 10.1 Å². The number of hydrogen-bond acceptors (Lipinski definition) is 4. The molecule has 17 heavy (non-hydrogen) atoms. The van der Waals surface area contributed by atoms with E-state index in [0.717, 1.165) is 0 Å². The van der Waals surface area contributed by atoms with Crippen molar-refractivity contribution in [3.8, 4) is 5.75 Å². The minimum Gasteiger partial charge on any atom is -0.495 e. The number of esters is 1. The lowest BCUT2D eigenvalue weighted by atomic mass is 10.1. The van der Waals surface area contributed by atoms with Gasteiger partial charge in [0.05, 0.1) is 30.5 Å². The lowest BCUT2D eigenvalue weighted by Gasteiger charge is -2.11. The molecular weight excluding hydrogens is 246 g/mol. The number of nitrogens with one attached hydrogen (secondary N) is 1. The first-order valence-electron chi connectivity index (χ1n) is 4.73. The molecule has 0 saturated heterocycles. The number of hydrogen-bond donors (Lipinski definition) is 1. The normalized spacial score (nSPS) is 9.65. The monoisotopic (exact) mass is 257 g/mol. The first-order chi connectivity index (χ1) is 7.99. The van der Waals surface area contributed by atoms with E-state index in [1.54, 1.807) is 0 Å². The molecule has 1 N–H and O–H groups in total. The van der Waals surface area contributed by atoms with Gasteiger partial charge in [-0.3, -0.25) is 4.79 Å². The van der Waals surface area contributed by atoms with Crippen molar-refractivity contribution in [3.63, 3.8) is 0 Å². The molecule has 0 aliphatic carbocycles. The van der Waals surface area contributed by atoms with Gasteiger partial charge in [-0.05, 0) is 6.07 Å². The Bertz CT molecular complexity index is 459. The summed E-state index contributed by atoms with van der Waals surface area (Å²) in [6, 6.07) is 2.85. The lowest BCUT2D eigenvalue weighted by Crippen LogP contribution is -2.12. The quantitative estimate of drug-likeness (QED) is 0.842. The predicted molar refractivity (Wildman–Crippen MR) is 63.6 cm³/mol. The molecule has 6 heteroatoms. The smallest absolute Gasteiger partial charge is 0.340 e. The first-order valence-corrected chi connectivity index (χ1v) is 5.10. The van der Waals surface area contributed by atoms with Gasteiger partial charge >= 0.3 is 5.97 Å². The van der Waals surface area contributed by atoms with Crippen LogP contribution in [0.2, 0.25) is 5.02 Å². The van der Waals surface area contributed by atoms with Gasteiger partial charge in [0.15, 0.2) is 0 Å². The van der Waals surface area contributed by atoms with Crippen molar-refractivity contribution < 1.29 is 19.1 Å². The highest BCUT2D eigenvalue weighted by atomic mass is 35.5. The molecule has 5 nitrogen and oxygen atoms in total. The Morgan fingerprint density at radius 1 is 1.29 bits per heavy atom. The Kier molecular flexibility index (Phi) is 4.34. The van der Waals surface area contributed by atoms with Crippen molar-refractivity contribution >= 4 is 29.2 Å². The third-order valence-electron chi connectivity index (χ3n) is 2.01. The van der Waals surface area contributed by atoms with Crippen LogP contribution in [0.1, 0.15) is 17.3 Å². The van der Waals surface area contributed by atoms with Gasteiger partial charge in [0, 0.05) is 13.0 Å². The van der Waals surface area contributed by atoms with Gasteiger partial charge in [-0.2, -0.15) is 0 Å². The molecule has 92 valence electrons. The minimum absolute atomic E-state index is 0.175. The van der Waals surface area contributed by atoms with E-state index in [4.69, 9.17) is 16.3 Å². The molecule has 0 atom stereocenters. The molecule has 1 amide bonds. The van der Waals surface area contributed by atoms with Crippen LogP contribution in [-0.2, 0) is 9.53 Å². The Hall–Kier alpha value is -1.75. The van der Waals surface area contributed by atoms with Gasteiger partial charge in [-0.25, -0.2) is 4.79 Å². The number of carbonyl (C=O) groups excluding carboxylic acids is 2. The molecule has 0 unspecified atom stereocenters. The second-order valence-corrected chi connectivity index (χ2v) is 3.61. The minimum atomic E-state index is -0.585. The SMILES string of the molecule is COC(=O)c1cc(Cl)c(OC)cc1NC(C)=O. The largest absolute Gasteiger partial charge is 0.495 e. The molecular formula is C11H12ClNO4. The van der Waals surface area contributed by atoms with Gasteiger partial charge in [0.1, 0.15) is 5.75 Å². The number of anilines is 1. The van der Waals surface area contributed by atoms with Crippen molar-refractivity contribution in [1.82, 2.24) is 0 Å². The zero-order chi connectivity index (χ0) is 13.0. The van der Waals surface area contributed by atoms with Gasteiger partial charge in [-0.1, -0.05) is 11.6 Å². The number of amides is 1. The second-order valence-electron chi connectivity index (χ2n) is 3.21. The number of halogens is 1.